The molecule has 5 nitrogen and oxygen atoms in total. The van der Waals surface area contributed by atoms with Gasteiger partial charge in [-0.05, 0) is 32.4 Å². The second-order valence-corrected chi connectivity index (χ2v) is 5.66. The van der Waals surface area contributed by atoms with Crippen LogP contribution in [0.4, 0.5) is 0 Å². The minimum atomic E-state index is -0.369. The van der Waals surface area contributed by atoms with E-state index in [1.165, 1.54) is 0 Å². The van der Waals surface area contributed by atoms with E-state index in [1.54, 1.807) is 11.8 Å². The van der Waals surface area contributed by atoms with Crippen molar-refractivity contribution in [3.8, 4) is 0 Å². The van der Waals surface area contributed by atoms with E-state index in [0.717, 1.165) is 22.9 Å². The zero-order valence-electron chi connectivity index (χ0n) is 11.8. The number of aromatic amines is 1. The number of aromatic nitrogens is 2. The number of likely N-dealkylation sites (tertiary alicyclic amines) is 1. The predicted molar refractivity (Wildman–Crippen MR) is 76.5 cm³/mol. The summed E-state index contributed by atoms with van der Waals surface area (Å²) < 4.78 is 0. The van der Waals surface area contributed by atoms with Gasteiger partial charge in [0.25, 0.3) is 5.91 Å². The summed E-state index contributed by atoms with van der Waals surface area (Å²) in [5, 5.41) is 17.6. The maximum Gasteiger partial charge on any atom is 0.275 e. The third-order valence-electron chi connectivity index (χ3n) is 4.12. The number of benzene rings is 1. The molecule has 2 N–H and O–H groups in total. The van der Waals surface area contributed by atoms with Crippen LogP contribution in [0.5, 0.6) is 0 Å². The van der Waals surface area contributed by atoms with Gasteiger partial charge in [0.15, 0.2) is 5.69 Å². The zero-order chi connectivity index (χ0) is 14.3. The molecule has 1 aromatic carbocycles. The van der Waals surface area contributed by atoms with Crippen molar-refractivity contribution in [2.45, 2.75) is 26.4 Å². The normalized spacial score (nSPS) is 20.6. The fourth-order valence-electron chi connectivity index (χ4n) is 2.81. The molecule has 3 rings (SSSR count). The van der Waals surface area contributed by atoms with E-state index in [2.05, 4.69) is 10.2 Å². The highest BCUT2D eigenvalue weighted by molar-refractivity contribution is 6.04. The Morgan fingerprint density at radius 2 is 2.35 bits per heavy atom. The van der Waals surface area contributed by atoms with Gasteiger partial charge in [-0.1, -0.05) is 11.6 Å². The van der Waals surface area contributed by atoms with Gasteiger partial charge in [-0.2, -0.15) is 5.10 Å². The Morgan fingerprint density at radius 1 is 1.55 bits per heavy atom. The Morgan fingerprint density at radius 3 is 3.05 bits per heavy atom. The van der Waals surface area contributed by atoms with Gasteiger partial charge in [0.1, 0.15) is 0 Å². The molecule has 1 saturated heterocycles. The van der Waals surface area contributed by atoms with Crippen LogP contribution in [0.15, 0.2) is 18.2 Å². The summed E-state index contributed by atoms with van der Waals surface area (Å²) in [5.41, 5.74) is 2.47. The standard InChI is InChI=1S/C15H19N3O2/c1-9-3-4-13-12(7-9)14(17-16-13)15(20)18-6-5-11(8-18)10(2)19/h3-4,7,10-11,19H,5-6,8H2,1-2H3,(H,16,17). The predicted octanol–water partition coefficient (Wildman–Crippen LogP) is 1.71. The lowest BCUT2D eigenvalue weighted by atomic mass is 10.0. The lowest BCUT2D eigenvalue weighted by Gasteiger charge is -2.16. The average molecular weight is 273 g/mol. The zero-order valence-corrected chi connectivity index (χ0v) is 11.8. The molecule has 20 heavy (non-hydrogen) atoms. The Balaban J connectivity index is 1.88. The molecule has 1 aromatic heterocycles. The Bertz CT molecular complexity index is 648. The first-order chi connectivity index (χ1) is 9.56. The van der Waals surface area contributed by atoms with E-state index in [9.17, 15) is 9.90 Å². The van der Waals surface area contributed by atoms with Crippen LogP contribution in [0.1, 0.15) is 29.4 Å². The Hall–Kier alpha value is -1.88. The largest absolute Gasteiger partial charge is 0.393 e. The van der Waals surface area contributed by atoms with Crippen LogP contribution < -0.4 is 0 Å². The summed E-state index contributed by atoms with van der Waals surface area (Å²) in [6.45, 7) is 5.08. The van der Waals surface area contributed by atoms with Gasteiger partial charge >= 0.3 is 0 Å². The van der Waals surface area contributed by atoms with E-state index < -0.39 is 0 Å². The number of hydrogen-bond acceptors (Lipinski definition) is 3. The number of amides is 1. The molecule has 2 aromatic rings. The monoisotopic (exact) mass is 273 g/mol. The van der Waals surface area contributed by atoms with Crippen LogP contribution in [0.3, 0.4) is 0 Å². The molecule has 2 unspecified atom stereocenters. The van der Waals surface area contributed by atoms with E-state index in [-0.39, 0.29) is 17.9 Å². The van der Waals surface area contributed by atoms with Crippen molar-refractivity contribution in [2.24, 2.45) is 5.92 Å². The molecule has 0 saturated carbocycles. The highest BCUT2D eigenvalue weighted by Gasteiger charge is 2.31. The average Bonchev–Trinajstić information content (AvgIpc) is 3.04. The molecule has 1 fully saturated rings. The molecule has 2 heterocycles. The summed E-state index contributed by atoms with van der Waals surface area (Å²) in [7, 11) is 0. The number of aliphatic hydroxyl groups is 1. The smallest absolute Gasteiger partial charge is 0.275 e. The number of nitrogens with one attached hydrogen (secondary N) is 1. The molecule has 1 aliphatic rings. The number of nitrogens with zero attached hydrogens (tertiary/aromatic N) is 2. The summed E-state index contributed by atoms with van der Waals surface area (Å²) in [6.07, 6.45) is 0.483. The van der Waals surface area contributed by atoms with E-state index >= 15 is 0 Å². The van der Waals surface area contributed by atoms with Crippen LogP contribution >= 0.6 is 0 Å². The summed E-state index contributed by atoms with van der Waals surface area (Å²) in [5.74, 6) is 0.121. The summed E-state index contributed by atoms with van der Waals surface area (Å²) >= 11 is 0. The van der Waals surface area contributed by atoms with Gasteiger partial charge in [0.05, 0.1) is 11.6 Å². The van der Waals surface area contributed by atoms with Crippen molar-refractivity contribution < 1.29 is 9.90 Å². The van der Waals surface area contributed by atoms with Crippen LogP contribution in [0.25, 0.3) is 10.9 Å². The van der Waals surface area contributed by atoms with Gasteiger partial charge in [-0.15, -0.1) is 0 Å². The van der Waals surface area contributed by atoms with Crippen molar-refractivity contribution >= 4 is 16.8 Å². The van der Waals surface area contributed by atoms with Crippen LogP contribution in [-0.2, 0) is 0 Å². The first-order valence-electron chi connectivity index (χ1n) is 6.98. The van der Waals surface area contributed by atoms with Gasteiger partial charge in [0, 0.05) is 24.4 Å². The fourth-order valence-corrected chi connectivity index (χ4v) is 2.81. The van der Waals surface area contributed by atoms with E-state index in [0.29, 0.717) is 18.8 Å². The molecule has 0 radical (unpaired) electrons. The van der Waals surface area contributed by atoms with Gasteiger partial charge in [0.2, 0.25) is 0 Å². The SMILES string of the molecule is Cc1ccc2[nH]nc(C(=O)N3CCC(C(C)O)C3)c2c1. The fraction of sp³-hybridized carbons (Fsp3) is 0.467. The number of carbonyl (C=O) groups is 1. The van der Waals surface area contributed by atoms with E-state index in [1.807, 2.05) is 25.1 Å². The molecule has 2 atom stereocenters. The van der Waals surface area contributed by atoms with Crippen molar-refractivity contribution in [2.75, 3.05) is 13.1 Å². The number of H-pyrrole nitrogens is 1. The Labute approximate surface area is 117 Å². The number of aliphatic hydroxyl groups excluding tert-OH is 1. The molecule has 1 aliphatic heterocycles. The van der Waals surface area contributed by atoms with Crippen molar-refractivity contribution in [1.82, 2.24) is 15.1 Å². The number of fused-ring (bicyclic) bond motifs is 1. The molecule has 0 bridgehead atoms. The molecular formula is C15H19N3O2. The molecule has 5 heteroatoms. The highest BCUT2D eigenvalue weighted by Crippen LogP contribution is 2.24. The maximum atomic E-state index is 12.6. The van der Waals surface area contributed by atoms with Crippen LogP contribution in [-0.4, -0.2) is 45.3 Å². The number of aryl methyl sites for hydroxylation is 1. The quantitative estimate of drug-likeness (QED) is 0.875. The number of hydrogen-bond donors (Lipinski definition) is 2. The maximum absolute atomic E-state index is 12.6. The molecule has 106 valence electrons. The van der Waals surface area contributed by atoms with E-state index in [4.69, 9.17) is 0 Å². The Kier molecular flexibility index (Phi) is 3.22. The van der Waals surface area contributed by atoms with Gasteiger partial charge in [-0.3, -0.25) is 9.89 Å². The summed E-state index contributed by atoms with van der Waals surface area (Å²) in [6, 6.07) is 5.92. The molecule has 0 spiro atoms. The summed E-state index contributed by atoms with van der Waals surface area (Å²) in [4.78, 5) is 14.4. The second-order valence-electron chi connectivity index (χ2n) is 5.66. The van der Waals surface area contributed by atoms with Crippen LogP contribution in [0, 0.1) is 12.8 Å². The number of carbonyl (C=O) groups excluding carboxylic acids is 1. The third kappa shape index (κ3) is 2.18. The van der Waals surface area contributed by atoms with Gasteiger partial charge in [-0.25, -0.2) is 0 Å². The third-order valence-corrected chi connectivity index (χ3v) is 4.12. The first kappa shape index (κ1) is 13.1. The molecule has 0 aliphatic carbocycles. The lowest BCUT2D eigenvalue weighted by Crippen LogP contribution is -2.30. The van der Waals surface area contributed by atoms with Crippen molar-refractivity contribution in [3.63, 3.8) is 0 Å². The van der Waals surface area contributed by atoms with Crippen molar-refractivity contribution in [3.05, 3.63) is 29.5 Å². The highest BCUT2D eigenvalue weighted by atomic mass is 16.3. The molecule has 1 amide bonds. The lowest BCUT2D eigenvalue weighted by molar-refractivity contribution is 0.0758. The second kappa shape index (κ2) is 4.90. The topological polar surface area (TPSA) is 69.2 Å². The van der Waals surface area contributed by atoms with Gasteiger partial charge < -0.3 is 10.0 Å². The van der Waals surface area contributed by atoms with Crippen LogP contribution in [0.2, 0.25) is 0 Å². The number of rotatable bonds is 2. The minimum Gasteiger partial charge on any atom is -0.393 e. The minimum absolute atomic E-state index is 0.0509. The first-order valence-corrected chi connectivity index (χ1v) is 6.98. The van der Waals surface area contributed by atoms with Crippen molar-refractivity contribution in [1.29, 1.82) is 0 Å². The molecular weight excluding hydrogens is 254 g/mol.